The van der Waals surface area contributed by atoms with Gasteiger partial charge in [-0.05, 0) is 51.4 Å². The summed E-state index contributed by atoms with van der Waals surface area (Å²) in [6.07, 6.45) is 65.5. The largest absolute Gasteiger partial charge is 0.472 e. The summed E-state index contributed by atoms with van der Waals surface area (Å²) in [5.41, 5.74) is 0. The van der Waals surface area contributed by atoms with Crippen molar-refractivity contribution in [2.75, 3.05) is 40.9 Å². The summed E-state index contributed by atoms with van der Waals surface area (Å²) in [6, 6.07) is -0.854. The number of rotatable bonds is 54. The van der Waals surface area contributed by atoms with Crippen LogP contribution >= 0.6 is 7.82 Å². The monoisotopic (exact) mass is 980 g/mol. The molecule has 0 rings (SSSR count). The Morgan fingerprint density at radius 2 is 0.838 bits per heavy atom. The van der Waals surface area contributed by atoms with Crippen molar-refractivity contribution >= 4 is 13.7 Å². The average molecular weight is 981 g/mol. The number of unbranched alkanes of at least 4 members (excludes halogenated alkanes) is 37. The number of aliphatic hydroxyl groups is 1. The van der Waals surface area contributed by atoms with E-state index in [1.54, 1.807) is 6.08 Å². The predicted octanol–water partition coefficient (Wildman–Crippen LogP) is 17.8. The van der Waals surface area contributed by atoms with Gasteiger partial charge < -0.3 is 19.8 Å². The van der Waals surface area contributed by atoms with Gasteiger partial charge in [-0.3, -0.25) is 13.8 Å². The first-order valence-electron chi connectivity index (χ1n) is 29.4. The Hall–Kier alpha value is -1.28. The predicted molar refractivity (Wildman–Crippen MR) is 295 cm³/mol. The minimum atomic E-state index is -4.35. The molecule has 0 saturated heterocycles. The summed E-state index contributed by atoms with van der Waals surface area (Å²) in [5.74, 6) is -0.189. The van der Waals surface area contributed by atoms with Crippen LogP contribution in [0.5, 0.6) is 0 Å². The van der Waals surface area contributed by atoms with Crippen molar-refractivity contribution in [1.82, 2.24) is 5.32 Å². The molecule has 9 heteroatoms. The maximum Gasteiger partial charge on any atom is 0.472 e. The van der Waals surface area contributed by atoms with Crippen LogP contribution in [0.3, 0.4) is 0 Å². The molecule has 0 aliphatic heterocycles. The molecule has 8 nitrogen and oxygen atoms in total. The number of amides is 1. The molecule has 0 aromatic heterocycles. The van der Waals surface area contributed by atoms with Crippen LogP contribution in [-0.4, -0.2) is 73.4 Å². The lowest BCUT2D eigenvalue weighted by molar-refractivity contribution is -0.870. The number of aliphatic hydroxyl groups excluding tert-OH is 1. The lowest BCUT2D eigenvalue weighted by atomic mass is 10.0. The maximum absolute atomic E-state index is 12.9. The van der Waals surface area contributed by atoms with Crippen LogP contribution in [0.4, 0.5) is 0 Å². The van der Waals surface area contributed by atoms with Gasteiger partial charge in [-0.1, -0.05) is 262 Å². The smallest absolute Gasteiger partial charge is 0.387 e. The standard InChI is InChI=1S/C59H115N2O6P/c1-6-8-10-12-14-16-18-20-22-23-24-25-26-27-28-29-30-31-32-33-34-35-36-37-39-40-42-44-46-48-50-52-58(62)57(56-67-68(64,65)66-55-54-61(3,4)5)60-59(63)53-51-49-47-45-43-41-38-21-19-17-15-13-11-9-7-2/h15,17,21,38,50,52,57-58,62H,6-14,16,18-20,22-37,39-49,51,53-56H2,1-5H3,(H-,60,63,64,65)/p+1/b17-15-,38-21-,52-50+. The number of carbonyl (C=O) groups is 1. The fraction of sp³-hybridized carbons (Fsp3) is 0.881. The molecule has 0 heterocycles. The highest BCUT2D eigenvalue weighted by molar-refractivity contribution is 7.47. The zero-order valence-electron chi connectivity index (χ0n) is 45.9. The van der Waals surface area contributed by atoms with E-state index >= 15 is 0 Å². The quantitative estimate of drug-likeness (QED) is 0.0243. The van der Waals surface area contributed by atoms with E-state index in [0.717, 1.165) is 64.2 Å². The molecule has 0 aliphatic carbocycles. The van der Waals surface area contributed by atoms with Crippen molar-refractivity contribution in [3.05, 3.63) is 36.5 Å². The summed E-state index contributed by atoms with van der Waals surface area (Å²) in [4.78, 5) is 23.2. The molecule has 3 atom stereocenters. The fourth-order valence-electron chi connectivity index (χ4n) is 8.72. The van der Waals surface area contributed by atoms with Gasteiger partial charge in [-0.25, -0.2) is 4.57 Å². The zero-order valence-corrected chi connectivity index (χ0v) is 46.8. The molecule has 0 aromatic carbocycles. The number of phosphoric acid groups is 1. The van der Waals surface area contributed by atoms with Crippen LogP contribution in [0.25, 0.3) is 0 Å². The molecule has 0 spiro atoms. The van der Waals surface area contributed by atoms with Gasteiger partial charge >= 0.3 is 7.82 Å². The van der Waals surface area contributed by atoms with Crippen LogP contribution in [-0.2, 0) is 18.4 Å². The molecule has 402 valence electrons. The number of hydrogen-bond donors (Lipinski definition) is 3. The Morgan fingerprint density at radius 3 is 1.24 bits per heavy atom. The SMILES string of the molecule is CCCCC/C=C\C/C=C\CCCCCCCC(=O)NC(COP(=O)(O)OCC[N+](C)(C)C)C(O)/C=C/CCCCCCCCCCCCCCCCCCCCCCCCCCCCCCC. The topological polar surface area (TPSA) is 105 Å². The second-order valence-corrected chi connectivity index (χ2v) is 22.8. The van der Waals surface area contributed by atoms with Gasteiger partial charge in [0.15, 0.2) is 0 Å². The lowest BCUT2D eigenvalue weighted by Crippen LogP contribution is -2.45. The Bertz CT molecular complexity index is 1200. The minimum Gasteiger partial charge on any atom is -0.387 e. The highest BCUT2D eigenvalue weighted by Crippen LogP contribution is 2.43. The number of carbonyl (C=O) groups excluding carboxylic acids is 1. The first-order chi connectivity index (χ1) is 33.0. The molecule has 0 aliphatic rings. The van der Waals surface area contributed by atoms with E-state index in [4.69, 9.17) is 9.05 Å². The first-order valence-corrected chi connectivity index (χ1v) is 30.9. The summed E-state index contributed by atoms with van der Waals surface area (Å²) in [6.45, 7) is 4.80. The van der Waals surface area contributed by atoms with Gasteiger partial charge in [0.05, 0.1) is 39.9 Å². The van der Waals surface area contributed by atoms with Gasteiger partial charge in [0.1, 0.15) is 13.2 Å². The summed E-state index contributed by atoms with van der Waals surface area (Å²) >= 11 is 0. The highest BCUT2D eigenvalue weighted by atomic mass is 31.2. The number of nitrogens with zero attached hydrogens (tertiary/aromatic N) is 1. The Kier molecular flexibility index (Phi) is 49.7. The summed E-state index contributed by atoms with van der Waals surface area (Å²) < 4.78 is 23.7. The molecule has 68 heavy (non-hydrogen) atoms. The number of allylic oxidation sites excluding steroid dienone is 5. The Morgan fingerprint density at radius 1 is 0.500 bits per heavy atom. The molecule has 0 aromatic rings. The summed E-state index contributed by atoms with van der Waals surface area (Å²) in [7, 11) is 1.57. The lowest BCUT2D eigenvalue weighted by Gasteiger charge is -2.25. The molecule has 0 radical (unpaired) electrons. The normalized spacial score (nSPS) is 14.2. The molecule has 3 N–H and O–H groups in total. The van der Waals surface area contributed by atoms with Crippen LogP contribution in [0, 0.1) is 0 Å². The Balaban J connectivity index is 4.09. The number of nitrogens with one attached hydrogen (secondary N) is 1. The van der Waals surface area contributed by atoms with E-state index in [0.29, 0.717) is 17.4 Å². The van der Waals surface area contributed by atoms with E-state index < -0.39 is 20.0 Å². The van der Waals surface area contributed by atoms with Crippen molar-refractivity contribution in [1.29, 1.82) is 0 Å². The van der Waals surface area contributed by atoms with E-state index in [9.17, 15) is 19.4 Å². The maximum atomic E-state index is 12.9. The second kappa shape index (κ2) is 50.7. The molecular weight excluding hydrogens is 864 g/mol. The molecule has 3 unspecified atom stereocenters. The fourth-order valence-corrected chi connectivity index (χ4v) is 9.46. The minimum absolute atomic E-state index is 0.0588. The van der Waals surface area contributed by atoms with Gasteiger partial charge in [-0.2, -0.15) is 0 Å². The number of hydrogen-bond acceptors (Lipinski definition) is 5. The third-order valence-electron chi connectivity index (χ3n) is 13.4. The average Bonchev–Trinajstić information content (AvgIpc) is 3.30. The molecule has 0 saturated carbocycles. The van der Waals surface area contributed by atoms with E-state index in [1.807, 2.05) is 27.2 Å². The van der Waals surface area contributed by atoms with Gasteiger partial charge in [0.2, 0.25) is 5.91 Å². The number of likely N-dealkylation sites (N-methyl/N-ethyl adjacent to an activating group) is 1. The van der Waals surface area contributed by atoms with E-state index in [1.165, 1.54) is 199 Å². The van der Waals surface area contributed by atoms with Gasteiger partial charge in [-0.15, -0.1) is 0 Å². The van der Waals surface area contributed by atoms with E-state index in [2.05, 4.69) is 43.5 Å². The van der Waals surface area contributed by atoms with E-state index in [-0.39, 0.29) is 19.1 Å². The van der Waals surface area contributed by atoms with Crippen LogP contribution in [0.15, 0.2) is 36.5 Å². The van der Waals surface area contributed by atoms with Gasteiger partial charge in [0.25, 0.3) is 0 Å². The third kappa shape index (κ3) is 52.5. The molecule has 0 fully saturated rings. The zero-order chi connectivity index (χ0) is 49.9. The molecular formula is C59H116N2O6P+. The highest BCUT2D eigenvalue weighted by Gasteiger charge is 2.27. The van der Waals surface area contributed by atoms with Crippen molar-refractivity contribution in [2.45, 2.75) is 296 Å². The number of phosphoric ester groups is 1. The van der Waals surface area contributed by atoms with Crippen LogP contribution in [0.1, 0.15) is 284 Å². The number of quaternary nitrogens is 1. The van der Waals surface area contributed by atoms with Crippen molar-refractivity contribution < 1.29 is 32.9 Å². The van der Waals surface area contributed by atoms with Crippen molar-refractivity contribution in [3.8, 4) is 0 Å². The van der Waals surface area contributed by atoms with Crippen molar-refractivity contribution in [2.24, 2.45) is 0 Å². The molecule has 0 bridgehead atoms. The third-order valence-corrected chi connectivity index (χ3v) is 14.3. The summed E-state index contributed by atoms with van der Waals surface area (Å²) in [5, 5.41) is 13.9. The van der Waals surface area contributed by atoms with Gasteiger partial charge in [0, 0.05) is 6.42 Å². The second-order valence-electron chi connectivity index (χ2n) is 21.4. The Labute approximate surface area is 423 Å². The first kappa shape index (κ1) is 66.7. The van der Waals surface area contributed by atoms with Crippen molar-refractivity contribution in [3.63, 3.8) is 0 Å². The molecule has 1 amide bonds. The van der Waals surface area contributed by atoms with Crippen LogP contribution in [0.2, 0.25) is 0 Å². The van der Waals surface area contributed by atoms with Crippen LogP contribution < -0.4 is 5.32 Å².